The molecule has 0 unspecified atom stereocenters. The lowest BCUT2D eigenvalue weighted by Crippen LogP contribution is -2.29. The largest absolute Gasteiger partial charge is 0.465 e. The Labute approximate surface area is 264 Å². The van der Waals surface area contributed by atoms with Gasteiger partial charge in [-0.2, -0.15) is 0 Å². The van der Waals surface area contributed by atoms with Crippen LogP contribution >= 0.6 is 48.0 Å². The second-order valence-electron chi connectivity index (χ2n) is 10.5. The van der Waals surface area contributed by atoms with Crippen LogP contribution in [0.15, 0.2) is 58.3 Å². The summed E-state index contributed by atoms with van der Waals surface area (Å²) in [4.78, 5) is 54.2. The number of ether oxygens (including phenoxy) is 2. The molecule has 8 nitrogen and oxygen atoms in total. The summed E-state index contributed by atoms with van der Waals surface area (Å²) in [5.74, 6) is -0.952. The van der Waals surface area contributed by atoms with E-state index >= 15 is 0 Å². The van der Waals surface area contributed by atoms with Gasteiger partial charge >= 0.3 is 11.9 Å². The van der Waals surface area contributed by atoms with Gasteiger partial charge in [0.15, 0.2) is 8.64 Å². The molecule has 0 aromatic heterocycles. The third-order valence-corrected chi connectivity index (χ3v) is 8.86. The predicted octanol–water partition coefficient (Wildman–Crippen LogP) is 5.81. The van der Waals surface area contributed by atoms with E-state index in [2.05, 4.69) is 0 Å². The van der Waals surface area contributed by atoms with Crippen molar-refractivity contribution in [2.24, 2.45) is 11.8 Å². The van der Waals surface area contributed by atoms with Crippen molar-refractivity contribution in [2.75, 3.05) is 23.0 Å². The fourth-order valence-electron chi connectivity index (χ4n) is 3.93. The second-order valence-corrected chi connectivity index (χ2v) is 13.8. The van der Waals surface area contributed by atoms with Crippen LogP contribution in [-0.4, -0.2) is 45.6 Å². The van der Waals surface area contributed by atoms with Gasteiger partial charge in [0.2, 0.25) is 0 Å². The normalized spacial score (nSPS) is 17.2. The highest BCUT2D eigenvalue weighted by molar-refractivity contribution is 8.30. The van der Waals surface area contributed by atoms with Crippen molar-refractivity contribution < 1.29 is 28.7 Å². The van der Waals surface area contributed by atoms with E-state index in [0.717, 1.165) is 34.7 Å². The average molecular weight is 643 g/mol. The van der Waals surface area contributed by atoms with Gasteiger partial charge in [-0.05, 0) is 47.2 Å². The lowest BCUT2D eigenvalue weighted by Gasteiger charge is -2.15. The van der Waals surface area contributed by atoms with Crippen molar-refractivity contribution in [2.45, 2.75) is 40.5 Å². The Balaban J connectivity index is 1.45. The monoisotopic (exact) mass is 642 g/mol. The van der Waals surface area contributed by atoms with Crippen molar-refractivity contribution >= 4 is 91.7 Å². The van der Waals surface area contributed by atoms with Crippen molar-refractivity contribution in [1.82, 2.24) is 0 Å². The molecular weight excluding hydrogens is 613 g/mol. The Kier molecular flexibility index (Phi) is 10.6. The summed E-state index contributed by atoms with van der Waals surface area (Å²) in [7, 11) is 0. The number of nitrogens with zero attached hydrogens (tertiary/aromatic N) is 2. The van der Waals surface area contributed by atoms with Crippen LogP contribution in [0, 0.1) is 11.8 Å². The molecule has 0 saturated carbocycles. The number of esters is 2. The molecule has 42 heavy (non-hydrogen) atoms. The number of hydrogen-bond donors (Lipinski definition) is 0. The summed E-state index contributed by atoms with van der Waals surface area (Å²) in [6.07, 6.45) is 0.244. The minimum atomic E-state index is -0.412. The first-order valence-electron chi connectivity index (χ1n) is 13.3. The van der Waals surface area contributed by atoms with Crippen molar-refractivity contribution in [3.05, 3.63) is 69.5 Å². The quantitative estimate of drug-likeness (QED) is 0.180. The molecule has 2 aromatic carbocycles. The van der Waals surface area contributed by atoms with Crippen LogP contribution in [0.2, 0.25) is 0 Å². The van der Waals surface area contributed by atoms with Crippen LogP contribution in [0.1, 0.15) is 38.8 Å². The number of anilines is 2. The number of hydrogen-bond acceptors (Lipinski definition) is 10. The van der Waals surface area contributed by atoms with E-state index in [1.807, 2.05) is 27.7 Å². The van der Waals surface area contributed by atoms with Crippen molar-refractivity contribution in [1.29, 1.82) is 0 Å². The molecule has 0 bridgehead atoms. The van der Waals surface area contributed by atoms with Gasteiger partial charge in [-0.25, -0.2) is 0 Å². The molecular formula is C30H30N2O6S4. The average Bonchev–Trinajstić information content (AvgIpc) is 3.40. The number of benzene rings is 2. The highest BCUT2D eigenvalue weighted by Gasteiger charge is 2.43. The van der Waals surface area contributed by atoms with Crippen LogP contribution in [0.4, 0.5) is 11.4 Å². The standard InChI is InChI=1S/C30H30N2O6S4/c1-17(2)15-37-23(33)13-19-5-9-21(10-6-19)31-27(35)25(41-29(31)39)26-28(36)32(30(40)42-26)22-11-7-20(8-12-22)14-24(34)38-16-18(3)4/h5-12,17-18H,13-16H2,1-4H3. The lowest BCUT2D eigenvalue weighted by atomic mass is 10.1. The second kappa shape index (κ2) is 13.9. The van der Waals surface area contributed by atoms with Gasteiger partial charge in [0, 0.05) is 0 Å². The van der Waals surface area contributed by atoms with E-state index in [0.29, 0.717) is 24.6 Å². The Morgan fingerprint density at radius 3 is 1.31 bits per heavy atom. The maximum Gasteiger partial charge on any atom is 0.310 e. The first-order chi connectivity index (χ1) is 19.9. The summed E-state index contributed by atoms with van der Waals surface area (Å²) in [5, 5.41) is 0. The molecule has 2 aliphatic rings. The minimum absolute atomic E-state index is 0.122. The zero-order chi connectivity index (χ0) is 30.6. The Morgan fingerprint density at radius 2 is 1.00 bits per heavy atom. The molecule has 220 valence electrons. The molecule has 2 fully saturated rings. The van der Waals surface area contributed by atoms with E-state index in [4.69, 9.17) is 33.9 Å². The zero-order valence-corrected chi connectivity index (χ0v) is 26.8. The van der Waals surface area contributed by atoms with Crippen LogP contribution < -0.4 is 9.80 Å². The zero-order valence-electron chi connectivity index (χ0n) is 23.6. The molecule has 2 aromatic rings. The summed E-state index contributed by atoms with van der Waals surface area (Å²) in [6.45, 7) is 8.60. The molecule has 0 atom stereocenters. The highest BCUT2D eigenvalue weighted by atomic mass is 32.2. The molecule has 0 spiro atoms. The number of thioether (sulfide) groups is 2. The first kappa shape index (κ1) is 31.9. The molecule has 12 heteroatoms. The number of rotatable bonds is 10. The van der Waals surface area contributed by atoms with E-state index in [-0.39, 0.29) is 55.1 Å². The molecule has 0 N–H and O–H groups in total. The van der Waals surface area contributed by atoms with Crippen molar-refractivity contribution in [3.8, 4) is 0 Å². The maximum absolute atomic E-state index is 13.5. The van der Waals surface area contributed by atoms with Gasteiger partial charge in [-0.3, -0.25) is 29.0 Å². The van der Waals surface area contributed by atoms with Crippen molar-refractivity contribution in [3.63, 3.8) is 0 Å². The molecule has 2 saturated heterocycles. The molecule has 0 radical (unpaired) electrons. The van der Waals surface area contributed by atoms with E-state index < -0.39 is 11.8 Å². The fourth-order valence-corrected chi connectivity index (χ4v) is 6.69. The third-order valence-electron chi connectivity index (χ3n) is 5.99. The van der Waals surface area contributed by atoms with Gasteiger partial charge < -0.3 is 9.47 Å². The van der Waals surface area contributed by atoms with Gasteiger partial charge in [0.05, 0.1) is 47.2 Å². The van der Waals surface area contributed by atoms with Crippen LogP contribution in [0.3, 0.4) is 0 Å². The maximum atomic E-state index is 13.5. The Bertz CT molecular complexity index is 1340. The smallest absolute Gasteiger partial charge is 0.310 e. The predicted molar refractivity (Wildman–Crippen MR) is 174 cm³/mol. The van der Waals surface area contributed by atoms with Gasteiger partial charge in [-0.15, -0.1) is 0 Å². The van der Waals surface area contributed by atoms with Crippen LogP contribution in [-0.2, 0) is 41.5 Å². The van der Waals surface area contributed by atoms with Gasteiger partial charge in [-0.1, -0.05) is 99.9 Å². The molecule has 4 rings (SSSR count). The van der Waals surface area contributed by atoms with E-state index in [1.165, 1.54) is 9.80 Å². The summed E-state index contributed by atoms with van der Waals surface area (Å²) in [6, 6.07) is 13.8. The highest BCUT2D eigenvalue weighted by Crippen LogP contribution is 2.44. The minimum Gasteiger partial charge on any atom is -0.465 e. The number of carbonyl (C=O) groups excluding carboxylic acids is 4. The SMILES string of the molecule is CC(C)COC(=O)Cc1ccc(N2C(=O)C(=C3SC(=S)N(c4ccc(CC(=O)OCC(C)C)cc4)C3=O)SC2=S)cc1. The van der Waals surface area contributed by atoms with Gasteiger partial charge in [0.1, 0.15) is 0 Å². The molecule has 0 aliphatic carbocycles. The van der Waals surface area contributed by atoms with Gasteiger partial charge in [0.25, 0.3) is 11.8 Å². The Hall–Kier alpha value is -3.06. The molecule has 2 heterocycles. The van der Waals surface area contributed by atoms with Crippen LogP contribution in [0.5, 0.6) is 0 Å². The number of thiocarbonyl (C=S) groups is 2. The van der Waals surface area contributed by atoms with E-state index in [1.54, 1.807) is 48.5 Å². The molecule has 2 aliphatic heterocycles. The third kappa shape index (κ3) is 7.66. The summed E-state index contributed by atoms with van der Waals surface area (Å²) >= 11 is 13.1. The summed E-state index contributed by atoms with van der Waals surface area (Å²) < 4.78 is 11.1. The Morgan fingerprint density at radius 1 is 0.667 bits per heavy atom. The molecule has 2 amide bonds. The number of amides is 2. The number of carbonyl (C=O) groups is 4. The topological polar surface area (TPSA) is 93.2 Å². The van der Waals surface area contributed by atoms with E-state index in [9.17, 15) is 19.2 Å². The summed E-state index contributed by atoms with van der Waals surface area (Å²) in [5.41, 5.74) is 2.56. The fraction of sp³-hybridized carbons (Fsp3) is 0.333. The lowest BCUT2D eigenvalue weighted by molar-refractivity contribution is -0.144. The van der Waals surface area contributed by atoms with Crippen LogP contribution in [0.25, 0.3) is 0 Å². The first-order valence-corrected chi connectivity index (χ1v) is 15.8.